The summed E-state index contributed by atoms with van der Waals surface area (Å²) in [6, 6.07) is 6.97. The van der Waals surface area contributed by atoms with E-state index in [1.54, 1.807) is 0 Å². The third-order valence-corrected chi connectivity index (χ3v) is 4.67. The molecule has 118 valence electrons. The minimum absolute atomic E-state index is 0.698. The molecule has 1 heteroatoms. The van der Waals surface area contributed by atoms with Gasteiger partial charge < -0.3 is 0 Å². The number of benzene rings is 1. The predicted molar refractivity (Wildman–Crippen MR) is 98.6 cm³/mol. The Morgan fingerprint density at radius 1 is 1.27 bits per heavy atom. The lowest BCUT2D eigenvalue weighted by Crippen LogP contribution is -2.08. The van der Waals surface area contributed by atoms with Crippen LogP contribution in [0.5, 0.6) is 0 Å². The maximum Gasteiger partial charge on any atom is 0.0344 e. The van der Waals surface area contributed by atoms with Gasteiger partial charge in [0.25, 0.3) is 0 Å². The van der Waals surface area contributed by atoms with E-state index in [4.69, 9.17) is 0 Å². The molecule has 0 N–H and O–H groups in total. The van der Waals surface area contributed by atoms with Crippen molar-refractivity contribution in [3.63, 3.8) is 0 Å². The highest BCUT2D eigenvalue weighted by Gasteiger charge is 2.20. The summed E-state index contributed by atoms with van der Waals surface area (Å²) in [5.74, 6) is 0.698. The fraction of sp³-hybridized carbons (Fsp3) is 0.476. The van der Waals surface area contributed by atoms with Gasteiger partial charge in [0.05, 0.1) is 0 Å². The molecule has 2 rings (SSSR count). The molecule has 1 aliphatic carbocycles. The van der Waals surface area contributed by atoms with Crippen LogP contribution in [0.25, 0.3) is 5.57 Å². The summed E-state index contributed by atoms with van der Waals surface area (Å²) in [6.07, 6.45) is 11.7. The number of aliphatic imine (C=N–C) groups is 1. The van der Waals surface area contributed by atoms with Gasteiger partial charge in [-0.15, -0.1) is 0 Å². The van der Waals surface area contributed by atoms with Crippen molar-refractivity contribution in [1.29, 1.82) is 0 Å². The van der Waals surface area contributed by atoms with Crippen LogP contribution in [0.3, 0.4) is 0 Å². The lowest BCUT2D eigenvalue weighted by Gasteiger charge is -2.26. The van der Waals surface area contributed by atoms with Gasteiger partial charge >= 0.3 is 0 Å². The second-order valence-corrected chi connectivity index (χ2v) is 6.34. The van der Waals surface area contributed by atoms with E-state index in [0.29, 0.717) is 5.92 Å². The Morgan fingerprint density at radius 3 is 2.59 bits per heavy atom. The molecule has 1 aromatic carbocycles. The number of hydrogen-bond acceptors (Lipinski definition) is 1. The Morgan fingerprint density at radius 2 is 2.00 bits per heavy atom. The summed E-state index contributed by atoms with van der Waals surface area (Å²) in [7, 11) is 0. The molecule has 1 aromatic rings. The standard InChI is InChI=1S/C21H29N/c1-5-17-12-13-19(21(16(3)4)15-22-6-2)20(14-17)18-10-8-7-9-11-18/h6,12-15,18H,3,5,7-11H2,1-2,4H3/b21-15+,22-6-. The van der Waals surface area contributed by atoms with E-state index in [0.717, 1.165) is 12.0 Å². The second kappa shape index (κ2) is 8.12. The molecular weight excluding hydrogens is 266 g/mol. The van der Waals surface area contributed by atoms with Crippen molar-refractivity contribution in [2.24, 2.45) is 4.99 Å². The SMILES string of the molecule is C=C(C)/C(=C\N=C/C)c1ccc(CC)cc1C1CCCCC1. The average molecular weight is 295 g/mol. The predicted octanol–water partition coefficient (Wildman–Crippen LogP) is 6.30. The minimum atomic E-state index is 0.698. The molecule has 22 heavy (non-hydrogen) atoms. The first-order valence-corrected chi connectivity index (χ1v) is 8.64. The molecule has 0 aromatic heterocycles. The molecule has 0 heterocycles. The lowest BCUT2D eigenvalue weighted by molar-refractivity contribution is 0.443. The van der Waals surface area contributed by atoms with Crippen LogP contribution in [0.15, 0.2) is 41.5 Å². The fourth-order valence-corrected chi connectivity index (χ4v) is 3.39. The number of hydrogen-bond donors (Lipinski definition) is 0. The smallest absolute Gasteiger partial charge is 0.0344 e. The first-order valence-electron chi connectivity index (χ1n) is 8.64. The van der Waals surface area contributed by atoms with E-state index in [9.17, 15) is 0 Å². The number of aryl methyl sites for hydroxylation is 1. The van der Waals surface area contributed by atoms with Crippen LogP contribution in [-0.4, -0.2) is 6.21 Å². The normalized spacial score (nSPS) is 17.1. The zero-order chi connectivity index (χ0) is 15.9. The Balaban J connectivity index is 2.50. The number of rotatable bonds is 5. The van der Waals surface area contributed by atoms with Gasteiger partial charge in [-0.1, -0.05) is 51.0 Å². The van der Waals surface area contributed by atoms with Crippen LogP contribution >= 0.6 is 0 Å². The molecule has 0 amide bonds. The van der Waals surface area contributed by atoms with E-state index in [1.165, 1.54) is 54.4 Å². The van der Waals surface area contributed by atoms with E-state index < -0.39 is 0 Å². The molecular formula is C21H29N. The first-order chi connectivity index (χ1) is 10.7. The third kappa shape index (κ3) is 3.97. The van der Waals surface area contributed by atoms with Gasteiger partial charge in [0.1, 0.15) is 0 Å². The summed E-state index contributed by atoms with van der Waals surface area (Å²) < 4.78 is 0. The third-order valence-electron chi connectivity index (χ3n) is 4.67. The van der Waals surface area contributed by atoms with Crippen LogP contribution in [0.4, 0.5) is 0 Å². The van der Waals surface area contributed by atoms with Gasteiger partial charge in [-0.05, 0) is 61.3 Å². The largest absolute Gasteiger partial charge is 0.269 e. The monoisotopic (exact) mass is 295 g/mol. The van der Waals surface area contributed by atoms with Gasteiger partial charge in [-0.3, -0.25) is 4.99 Å². The molecule has 0 spiro atoms. The molecule has 0 radical (unpaired) electrons. The van der Waals surface area contributed by atoms with E-state index >= 15 is 0 Å². The molecule has 0 aliphatic heterocycles. The zero-order valence-corrected chi connectivity index (χ0v) is 14.4. The van der Waals surface area contributed by atoms with Crippen LogP contribution < -0.4 is 0 Å². The molecule has 0 saturated heterocycles. The highest BCUT2D eigenvalue weighted by molar-refractivity contribution is 5.80. The summed E-state index contributed by atoms with van der Waals surface area (Å²) in [4.78, 5) is 4.35. The topological polar surface area (TPSA) is 12.4 Å². The molecule has 1 nitrogen and oxygen atoms in total. The van der Waals surface area contributed by atoms with Crippen molar-refractivity contribution in [3.05, 3.63) is 53.2 Å². The van der Waals surface area contributed by atoms with Crippen LogP contribution in [0, 0.1) is 0 Å². The Labute approximate surface area is 135 Å². The van der Waals surface area contributed by atoms with Crippen LogP contribution in [0.2, 0.25) is 0 Å². The Hall–Kier alpha value is -1.63. The van der Waals surface area contributed by atoms with Crippen LogP contribution in [0.1, 0.15) is 75.5 Å². The highest BCUT2D eigenvalue weighted by Crippen LogP contribution is 2.38. The Bertz CT molecular complexity index is 572. The second-order valence-electron chi connectivity index (χ2n) is 6.34. The summed E-state index contributed by atoms with van der Waals surface area (Å²) >= 11 is 0. The highest BCUT2D eigenvalue weighted by atomic mass is 14.7. The molecule has 0 bridgehead atoms. The number of nitrogens with zero attached hydrogens (tertiary/aromatic N) is 1. The first kappa shape index (κ1) is 16.7. The van der Waals surface area contributed by atoms with Crippen molar-refractivity contribution in [2.75, 3.05) is 0 Å². The molecule has 0 atom stereocenters. The lowest BCUT2D eigenvalue weighted by atomic mass is 9.79. The van der Waals surface area contributed by atoms with Crippen molar-refractivity contribution in [3.8, 4) is 0 Å². The van der Waals surface area contributed by atoms with Crippen molar-refractivity contribution in [2.45, 2.75) is 65.2 Å². The molecule has 0 unspecified atom stereocenters. The maximum atomic E-state index is 4.35. The van der Waals surface area contributed by atoms with Crippen molar-refractivity contribution >= 4 is 11.8 Å². The minimum Gasteiger partial charge on any atom is -0.269 e. The van der Waals surface area contributed by atoms with Gasteiger partial charge in [0.15, 0.2) is 0 Å². The van der Waals surface area contributed by atoms with Gasteiger partial charge in [-0.2, -0.15) is 0 Å². The maximum absolute atomic E-state index is 4.35. The van der Waals surface area contributed by atoms with Crippen molar-refractivity contribution in [1.82, 2.24) is 0 Å². The van der Waals surface area contributed by atoms with E-state index in [2.05, 4.69) is 43.6 Å². The van der Waals surface area contributed by atoms with E-state index in [-0.39, 0.29) is 0 Å². The van der Waals surface area contributed by atoms with Gasteiger partial charge in [-0.25, -0.2) is 0 Å². The fourth-order valence-electron chi connectivity index (χ4n) is 3.39. The van der Waals surface area contributed by atoms with Crippen molar-refractivity contribution < 1.29 is 0 Å². The average Bonchev–Trinajstić information content (AvgIpc) is 2.56. The quantitative estimate of drug-likeness (QED) is 0.446. The summed E-state index contributed by atoms with van der Waals surface area (Å²) in [5, 5.41) is 0. The molecule has 1 aliphatic rings. The molecule has 1 fully saturated rings. The summed E-state index contributed by atoms with van der Waals surface area (Å²) in [6.45, 7) is 10.4. The van der Waals surface area contributed by atoms with Gasteiger partial charge in [0.2, 0.25) is 0 Å². The summed E-state index contributed by atoms with van der Waals surface area (Å²) in [5.41, 5.74) is 6.56. The van der Waals surface area contributed by atoms with Crippen LogP contribution in [-0.2, 0) is 6.42 Å². The number of allylic oxidation sites excluding steroid dienone is 2. The Kier molecular flexibility index (Phi) is 6.18. The van der Waals surface area contributed by atoms with E-state index in [1.807, 2.05) is 19.3 Å². The van der Waals surface area contributed by atoms with Gasteiger partial charge in [0, 0.05) is 18.0 Å². The molecule has 1 saturated carbocycles. The zero-order valence-electron chi connectivity index (χ0n) is 14.4.